The van der Waals surface area contributed by atoms with Crippen LogP contribution < -0.4 is 15.5 Å². The van der Waals surface area contributed by atoms with Crippen molar-refractivity contribution in [3.05, 3.63) is 89.2 Å². The number of aromatic nitrogens is 1. The molecule has 4 N–H and O–H groups in total. The summed E-state index contributed by atoms with van der Waals surface area (Å²) in [5, 5.41) is 13.2. The summed E-state index contributed by atoms with van der Waals surface area (Å²) in [5.41, 5.74) is 8.50. The number of nitrogens with one attached hydrogen (secondary N) is 3. The van der Waals surface area contributed by atoms with E-state index in [0.29, 0.717) is 6.61 Å². The number of rotatable bonds is 12. The topological polar surface area (TPSA) is 86.4 Å². The molecule has 0 bridgehead atoms. The van der Waals surface area contributed by atoms with Crippen LogP contribution in [0.4, 0.5) is 5.69 Å². The first-order valence-electron chi connectivity index (χ1n) is 11.9. The molecule has 1 heterocycles. The van der Waals surface area contributed by atoms with Crippen LogP contribution in [-0.2, 0) is 11.2 Å². The lowest BCUT2D eigenvalue weighted by molar-refractivity contribution is -0.124. The molecule has 0 fully saturated rings. The molecule has 0 radical (unpaired) electrons. The molecule has 0 spiro atoms. The standard InChI is InChI=1S/C29H35N3O3/c1-21(2)5-4-6-22(3)16-18-35-26-12-13-28-27(19-26)24(20-31-28)15-17-30-25-10-7-23(8-11-25)9-14-29(33)32-34/h5,7-14,16,19-20,30-31,34H,4,6,15,17-18H2,1-3H3,(H,32,33). The van der Waals surface area contributed by atoms with Crippen molar-refractivity contribution in [1.29, 1.82) is 0 Å². The van der Waals surface area contributed by atoms with Crippen molar-refractivity contribution < 1.29 is 14.7 Å². The van der Waals surface area contributed by atoms with Crippen LogP contribution in [0.5, 0.6) is 5.75 Å². The van der Waals surface area contributed by atoms with Gasteiger partial charge in [-0.2, -0.15) is 0 Å². The number of H-pyrrole nitrogens is 1. The van der Waals surface area contributed by atoms with Crippen LogP contribution in [0.25, 0.3) is 17.0 Å². The van der Waals surface area contributed by atoms with E-state index in [9.17, 15) is 4.79 Å². The Morgan fingerprint density at radius 1 is 1.09 bits per heavy atom. The first-order valence-corrected chi connectivity index (χ1v) is 11.9. The number of benzene rings is 2. The lowest BCUT2D eigenvalue weighted by Gasteiger charge is -2.08. The van der Waals surface area contributed by atoms with Crippen molar-refractivity contribution in [2.75, 3.05) is 18.5 Å². The zero-order valence-electron chi connectivity index (χ0n) is 20.7. The number of hydrogen-bond acceptors (Lipinski definition) is 4. The average molecular weight is 474 g/mol. The monoisotopic (exact) mass is 473 g/mol. The highest BCUT2D eigenvalue weighted by Crippen LogP contribution is 2.24. The van der Waals surface area contributed by atoms with Gasteiger partial charge in [0, 0.05) is 35.4 Å². The highest BCUT2D eigenvalue weighted by molar-refractivity contribution is 5.90. The normalized spacial score (nSPS) is 11.6. The van der Waals surface area contributed by atoms with Crippen LogP contribution in [-0.4, -0.2) is 29.3 Å². The van der Waals surface area contributed by atoms with Gasteiger partial charge >= 0.3 is 0 Å². The summed E-state index contributed by atoms with van der Waals surface area (Å²) >= 11 is 0. The van der Waals surface area contributed by atoms with Crippen LogP contribution in [0.2, 0.25) is 0 Å². The molecule has 1 aromatic heterocycles. The molecular weight excluding hydrogens is 438 g/mol. The third kappa shape index (κ3) is 8.50. The van der Waals surface area contributed by atoms with Crippen molar-refractivity contribution in [3.8, 4) is 5.75 Å². The first kappa shape index (κ1) is 25.8. The molecule has 3 rings (SSSR count). The van der Waals surface area contributed by atoms with Gasteiger partial charge in [0.15, 0.2) is 0 Å². The fraction of sp³-hybridized carbons (Fsp3) is 0.276. The molecule has 2 aromatic carbocycles. The second kappa shape index (κ2) is 13.2. The second-order valence-electron chi connectivity index (χ2n) is 8.81. The van der Waals surface area contributed by atoms with Gasteiger partial charge in [0.05, 0.1) is 0 Å². The van der Waals surface area contributed by atoms with E-state index in [0.717, 1.165) is 48.3 Å². The fourth-order valence-electron chi connectivity index (χ4n) is 3.69. The Bertz CT molecular complexity index is 1200. The van der Waals surface area contributed by atoms with Crippen LogP contribution in [0.1, 0.15) is 44.7 Å². The van der Waals surface area contributed by atoms with E-state index in [1.165, 1.54) is 28.2 Å². The molecule has 0 aliphatic heterocycles. The van der Waals surface area contributed by atoms with E-state index in [4.69, 9.17) is 9.94 Å². The van der Waals surface area contributed by atoms with Gasteiger partial charge < -0.3 is 15.0 Å². The van der Waals surface area contributed by atoms with E-state index >= 15 is 0 Å². The molecule has 1 amide bonds. The Morgan fingerprint density at radius 2 is 1.89 bits per heavy atom. The number of amides is 1. The number of carbonyl (C=O) groups excluding carboxylic acids is 1. The third-order valence-corrected chi connectivity index (χ3v) is 5.68. The molecule has 35 heavy (non-hydrogen) atoms. The van der Waals surface area contributed by atoms with E-state index in [2.05, 4.69) is 61.6 Å². The van der Waals surface area contributed by atoms with Gasteiger partial charge in [-0.15, -0.1) is 0 Å². The Labute approximate surface area is 207 Å². The maximum atomic E-state index is 11.1. The van der Waals surface area contributed by atoms with Gasteiger partial charge in [0.2, 0.25) is 0 Å². The van der Waals surface area contributed by atoms with Crippen LogP contribution in [0, 0.1) is 0 Å². The van der Waals surface area contributed by atoms with E-state index < -0.39 is 5.91 Å². The Hall–Kier alpha value is -3.77. The van der Waals surface area contributed by atoms with Crippen LogP contribution in [0.15, 0.2) is 78.0 Å². The number of ether oxygens (including phenoxy) is 1. The minimum Gasteiger partial charge on any atom is -0.490 e. The molecule has 0 atom stereocenters. The molecule has 0 aliphatic carbocycles. The van der Waals surface area contributed by atoms with Crippen molar-refractivity contribution in [3.63, 3.8) is 0 Å². The predicted octanol–water partition coefficient (Wildman–Crippen LogP) is 6.41. The number of aromatic amines is 1. The van der Waals surface area contributed by atoms with Crippen molar-refractivity contribution in [2.24, 2.45) is 0 Å². The maximum absolute atomic E-state index is 11.1. The number of anilines is 1. The Balaban J connectivity index is 1.52. The van der Waals surface area contributed by atoms with E-state index in [1.54, 1.807) is 11.6 Å². The minimum atomic E-state index is -0.554. The summed E-state index contributed by atoms with van der Waals surface area (Å²) in [7, 11) is 0. The molecule has 3 aromatic rings. The predicted molar refractivity (Wildman–Crippen MR) is 144 cm³/mol. The van der Waals surface area contributed by atoms with E-state index in [1.807, 2.05) is 30.3 Å². The number of hydroxylamine groups is 1. The maximum Gasteiger partial charge on any atom is 0.267 e. The number of allylic oxidation sites excluding steroid dienone is 3. The van der Waals surface area contributed by atoms with Gasteiger partial charge in [-0.25, -0.2) is 5.48 Å². The van der Waals surface area contributed by atoms with Crippen molar-refractivity contribution in [1.82, 2.24) is 10.5 Å². The lowest BCUT2D eigenvalue weighted by atomic mass is 10.1. The summed E-state index contributed by atoms with van der Waals surface area (Å²) in [6, 6.07) is 13.9. The molecular formula is C29H35N3O3. The van der Waals surface area contributed by atoms with Gasteiger partial charge in [0.1, 0.15) is 12.4 Å². The zero-order valence-corrected chi connectivity index (χ0v) is 20.7. The molecule has 6 heteroatoms. The van der Waals surface area contributed by atoms with Crippen LogP contribution >= 0.6 is 0 Å². The second-order valence-corrected chi connectivity index (χ2v) is 8.81. The Kier molecular flexibility index (Phi) is 9.75. The SMILES string of the molecule is CC(C)=CCCC(C)=CCOc1ccc2[nH]cc(CCNc3ccc(C=CC(=O)NO)cc3)c2c1. The zero-order chi connectivity index (χ0) is 25.0. The highest BCUT2D eigenvalue weighted by Gasteiger charge is 2.06. The summed E-state index contributed by atoms with van der Waals surface area (Å²) < 4.78 is 6.00. The summed E-state index contributed by atoms with van der Waals surface area (Å²) in [6.45, 7) is 7.77. The third-order valence-electron chi connectivity index (χ3n) is 5.68. The van der Waals surface area contributed by atoms with Crippen molar-refractivity contribution >= 4 is 28.6 Å². The number of carbonyl (C=O) groups is 1. The average Bonchev–Trinajstić information content (AvgIpc) is 3.25. The van der Waals surface area contributed by atoms with Gasteiger partial charge in [-0.05, 0) is 93.6 Å². The Morgan fingerprint density at radius 3 is 2.63 bits per heavy atom. The number of fused-ring (bicyclic) bond motifs is 1. The van der Waals surface area contributed by atoms with Crippen LogP contribution in [0.3, 0.4) is 0 Å². The summed E-state index contributed by atoms with van der Waals surface area (Å²) in [6.07, 6.45) is 12.4. The molecule has 0 unspecified atom stereocenters. The molecule has 0 saturated carbocycles. The smallest absolute Gasteiger partial charge is 0.267 e. The summed E-state index contributed by atoms with van der Waals surface area (Å²) in [5.74, 6) is 0.319. The van der Waals surface area contributed by atoms with E-state index in [-0.39, 0.29) is 0 Å². The fourth-order valence-corrected chi connectivity index (χ4v) is 3.69. The van der Waals surface area contributed by atoms with Crippen molar-refractivity contribution in [2.45, 2.75) is 40.0 Å². The summed E-state index contributed by atoms with van der Waals surface area (Å²) in [4.78, 5) is 14.4. The molecule has 0 aliphatic rings. The molecule has 6 nitrogen and oxygen atoms in total. The lowest BCUT2D eigenvalue weighted by Crippen LogP contribution is -2.14. The first-order chi connectivity index (χ1) is 16.9. The largest absolute Gasteiger partial charge is 0.490 e. The van der Waals surface area contributed by atoms with Gasteiger partial charge in [-0.3, -0.25) is 10.0 Å². The molecule has 0 saturated heterocycles. The quantitative estimate of drug-likeness (QED) is 0.106. The van der Waals surface area contributed by atoms with Gasteiger partial charge in [-0.1, -0.05) is 29.4 Å². The number of hydrogen-bond donors (Lipinski definition) is 4. The minimum absolute atomic E-state index is 0.554. The molecule has 184 valence electrons. The van der Waals surface area contributed by atoms with Gasteiger partial charge in [0.25, 0.3) is 5.91 Å². The highest BCUT2D eigenvalue weighted by atomic mass is 16.5.